The Morgan fingerprint density at radius 3 is 2.20 bits per heavy atom. The van der Waals surface area contributed by atoms with Crippen molar-refractivity contribution in [2.75, 3.05) is 38.2 Å². The van der Waals surface area contributed by atoms with Crippen molar-refractivity contribution in [2.45, 2.75) is 19.0 Å². The molecule has 2 amide bonds. The van der Waals surface area contributed by atoms with Crippen LogP contribution in [0.3, 0.4) is 0 Å². The molecule has 0 radical (unpaired) electrons. The number of carbonyl (C=O) groups excluding carboxylic acids is 1. The third-order valence-electron chi connectivity index (χ3n) is 5.01. The Balaban J connectivity index is 1.91. The zero-order valence-electron chi connectivity index (χ0n) is 17.3. The number of nitrogens with zero attached hydrogens (tertiary/aromatic N) is 1. The molecule has 0 aromatic heterocycles. The van der Waals surface area contributed by atoms with E-state index in [2.05, 4.69) is 5.32 Å². The van der Waals surface area contributed by atoms with E-state index in [1.165, 1.54) is 21.3 Å². The van der Waals surface area contributed by atoms with Gasteiger partial charge >= 0.3 is 6.03 Å². The van der Waals surface area contributed by atoms with Crippen LogP contribution in [-0.4, -0.2) is 58.2 Å². The molecule has 1 heterocycles. The minimum atomic E-state index is -3.17. The van der Waals surface area contributed by atoms with Gasteiger partial charge in [0.1, 0.15) is 0 Å². The third kappa shape index (κ3) is 4.96. The molecule has 30 heavy (non-hydrogen) atoms. The molecule has 1 saturated heterocycles. The number of para-hydroxylation sites is 1. The molecule has 1 fully saturated rings. The van der Waals surface area contributed by atoms with Crippen molar-refractivity contribution in [3.8, 4) is 17.2 Å². The SMILES string of the molecule is COc1cc(CN(C(=O)Nc2ccccc2)C2CCS(=O)(=O)C2)cc(OC)c1OC. The molecule has 0 bridgehead atoms. The van der Waals surface area contributed by atoms with Crippen molar-refractivity contribution in [1.29, 1.82) is 0 Å². The highest BCUT2D eigenvalue weighted by atomic mass is 32.2. The molecular weight excluding hydrogens is 408 g/mol. The average molecular weight is 435 g/mol. The Morgan fingerprint density at radius 1 is 1.07 bits per heavy atom. The number of sulfone groups is 1. The average Bonchev–Trinajstić information content (AvgIpc) is 3.11. The van der Waals surface area contributed by atoms with Crippen molar-refractivity contribution in [3.05, 3.63) is 48.0 Å². The van der Waals surface area contributed by atoms with Gasteiger partial charge in [0.15, 0.2) is 21.3 Å². The zero-order valence-corrected chi connectivity index (χ0v) is 18.1. The molecule has 9 heteroatoms. The second kappa shape index (κ2) is 9.25. The van der Waals surface area contributed by atoms with E-state index in [9.17, 15) is 13.2 Å². The molecule has 8 nitrogen and oxygen atoms in total. The number of nitrogens with one attached hydrogen (secondary N) is 1. The van der Waals surface area contributed by atoms with Crippen LogP contribution in [-0.2, 0) is 16.4 Å². The van der Waals surface area contributed by atoms with E-state index in [-0.39, 0.29) is 24.1 Å². The number of hydrogen-bond donors (Lipinski definition) is 1. The lowest BCUT2D eigenvalue weighted by atomic mass is 10.1. The summed E-state index contributed by atoms with van der Waals surface area (Å²) in [5.41, 5.74) is 1.37. The van der Waals surface area contributed by atoms with Gasteiger partial charge < -0.3 is 24.4 Å². The van der Waals surface area contributed by atoms with Crippen LogP contribution >= 0.6 is 0 Å². The Hall–Kier alpha value is -2.94. The highest BCUT2D eigenvalue weighted by Gasteiger charge is 2.35. The quantitative estimate of drug-likeness (QED) is 0.720. The summed E-state index contributed by atoms with van der Waals surface area (Å²) in [7, 11) is 1.39. The smallest absolute Gasteiger partial charge is 0.322 e. The third-order valence-corrected chi connectivity index (χ3v) is 6.76. The fourth-order valence-corrected chi connectivity index (χ4v) is 5.26. The number of anilines is 1. The first-order valence-electron chi connectivity index (χ1n) is 9.49. The first-order valence-corrected chi connectivity index (χ1v) is 11.3. The molecule has 1 aliphatic heterocycles. The van der Waals surface area contributed by atoms with Crippen molar-refractivity contribution in [1.82, 2.24) is 4.90 Å². The Kier molecular flexibility index (Phi) is 6.71. The molecule has 1 unspecified atom stereocenters. The highest BCUT2D eigenvalue weighted by molar-refractivity contribution is 7.91. The van der Waals surface area contributed by atoms with Gasteiger partial charge in [-0.2, -0.15) is 0 Å². The van der Waals surface area contributed by atoms with Gasteiger partial charge in [0.25, 0.3) is 0 Å². The summed E-state index contributed by atoms with van der Waals surface area (Å²) in [6, 6.07) is 11.8. The number of benzene rings is 2. The number of ether oxygens (including phenoxy) is 3. The molecule has 1 atom stereocenters. The maximum atomic E-state index is 13.1. The number of carbonyl (C=O) groups is 1. The normalized spacial score (nSPS) is 17.2. The highest BCUT2D eigenvalue weighted by Crippen LogP contribution is 2.38. The van der Waals surface area contributed by atoms with Crippen molar-refractivity contribution in [3.63, 3.8) is 0 Å². The standard InChI is InChI=1S/C21H26N2O6S/c1-27-18-11-15(12-19(28-2)20(18)29-3)13-23(17-9-10-30(25,26)14-17)21(24)22-16-7-5-4-6-8-16/h4-8,11-12,17H,9-10,13-14H2,1-3H3,(H,22,24). The van der Waals surface area contributed by atoms with Crippen molar-refractivity contribution < 1.29 is 27.4 Å². The van der Waals surface area contributed by atoms with Crippen LogP contribution in [0.2, 0.25) is 0 Å². The van der Waals surface area contributed by atoms with Crippen LogP contribution in [0.15, 0.2) is 42.5 Å². The summed E-state index contributed by atoms with van der Waals surface area (Å²) in [5.74, 6) is 1.40. The van der Waals surface area contributed by atoms with Gasteiger partial charge in [0, 0.05) is 18.3 Å². The van der Waals surface area contributed by atoms with Gasteiger partial charge in [0.2, 0.25) is 5.75 Å². The first-order chi connectivity index (χ1) is 14.4. The summed E-state index contributed by atoms with van der Waals surface area (Å²) >= 11 is 0. The number of rotatable bonds is 7. The summed E-state index contributed by atoms with van der Waals surface area (Å²) in [6.07, 6.45) is 0.398. The van der Waals surface area contributed by atoms with Crippen LogP contribution in [0.25, 0.3) is 0 Å². The Bertz CT molecular complexity index is 969. The lowest BCUT2D eigenvalue weighted by Crippen LogP contribution is -2.43. The summed E-state index contributed by atoms with van der Waals surface area (Å²) in [4.78, 5) is 14.6. The monoisotopic (exact) mass is 434 g/mol. The molecule has 0 aliphatic carbocycles. The predicted octanol–water partition coefficient (Wildman–Crippen LogP) is 2.93. The van der Waals surface area contributed by atoms with Crippen LogP contribution in [0.5, 0.6) is 17.2 Å². The second-order valence-electron chi connectivity index (χ2n) is 7.01. The van der Waals surface area contributed by atoms with Gasteiger partial charge in [-0.15, -0.1) is 0 Å². The van der Waals surface area contributed by atoms with Crippen LogP contribution in [0.4, 0.5) is 10.5 Å². The Morgan fingerprint density at radius 2 is 1.70 bits per heavy atom. The summed E-state index contributed by atoms with van der Waals surface area (Å²) in [5, 5.41) is 2.85. The fraction of sp³-hybridized carbons (Fsp3) is 0.381. The van der Waals surface area contributed by atoms with E-state index in [4.69, 9.17) is 14.2 Å². The van der Waals surface area contributed by atoms with Crippen LogP contribution < -0.4 is 19.5 Å². The predicted molar refractivity (Wildman–Crippen MR) is 114 cm³/mol. The first kappa shape index (κ1) is 21.8. The minimum absolute atomic E-state index is 0.0559. The molecule has 0 saturated carbocycles. The van der Waals surface area contributed by atoms with Gasteiger partial charge in [-0.3, -0.25) is 0 Å². The lowest BCUT2D eigenvalue weighted by Gasteiger charge is -2.29. The number of hydrogen-bond acceptors (Lipinski definition) is 6. The van der Waals surface area contributed by atoms with Gasteiger partial charge in [-0.05, 0) is 36.2 Å². The van der Waals surface area contributed by atoms with E-state index in [1.54, 1.807) is 29.2 Å². The van der Waals surface area contributed by atoms with Gasteiger partial charge in [-0.25, -0.2) is 13.2 Å². The number of urea groups is 1. The summed E-state index contributed by atoms with van der Waals surface area (Å²) < 4.78 is 40.2. The van der Waals surface area contributed by atoms with Gasteiger partial charge in [-0.1, -0.05) is 18.2 Å². The van der Waals surface area contributed by atoms with Crippen molar-refractivity contribution >= 4 is 21.6 Å². The van der Waals surface area contributed by atoms with Crippen molar-refractivity contribution in [2.24, 2.45) is 0 Å². The molecule has 1 N–H and O–H groups in total. The van der Waals surface area contributed by atoms with E-state index in [0.717, 1.165) is 5.56 Å². The molecule has 1 aliphatic rings. The van der Waals surface area contributed by atoms with Crippen LogP contribution in [0, 0.1) is 0 Å². The van der Waals surface area contributed by atoms with Gasteiger partial charge in [0.05, 0.1) is 32.8 Å². The topological polar surface area (TPSA) is 94.2 Å². The number of amides is 2. The Labute approximate surface area is 176 Å². The summed E-state index contributed by atoms with van der Waals surface area (Å²) in [6.45, 7) is 0.190. The molecule has 162 valence electrons. The maximum absolute atomic E-state index is 13.1. The zero-order chi connectivity index (χ0) is 21.7. The number of methoxy groups -OCH3 is 3. The lowest BCUT2D eigenvalue weighted by molar-refractivity contribution is 0.190. The van der Waals surface area contributed by atoms with E-state index >= 15 is 0 Å². The maximum Gasteiger partial charge on any atom is 0.322 e. The fourth-order valence-electron chi connectivity index (χ4n) is 3.53. The van der Waals surface area contributed by atoms with Crippen LogP contribution in [0.1, 0.15) is 12.0 Å². The van der Waals surface area contributed by atoms with E-state index in [1.807, 2.05) is 18.2 Å². The van der Waals surface area contributed by atoms with E-state index < -0.39 is 15.9 Å². The molecule has 2 aromatic carbocycles. The molecule has 3 rings (SSSR count). The molecule has 0 spiro atoms. The largest absolute Gasteiger partial charge is 0.493 e. The minimum Gasteiger partial charge on any atom is -0.493 e. The van der Waals surface area contributed by atoms with E-state index in [0.29, 0.717) is 29.4 Å². The molecular formula is C21H26N2O6S. The second-order valence-corrected chi connectivity index (χ2v) is 9.24. The molecule has 2 aromatic rings.